The number of nitrogens with zero attached hydrogens (tertiary/aromatic N) is 6. The zero-order chi connectivity index (χ0) is 19.8. The minimum Gasteiger partial charge on any atom is -0.414 e. The third-order valence-electron chi connectivity index (χ3n) is 4.06. The number of hydrogen-bond donors (Lipinski definition) is 0. The van der Waals surface area contributed by atoms with Crippen LogP contribution < -0.4 is 9.64 Å². The molecule has 1 fully saturated rings. The Kier molecular flexibility index (Phi) is 5.22. The number of ether oxygens (including phenoxy) is 1. The van der Waals surface area contributed by atoms with Crippen molar-refractivity contribution >= 4 is 27.4 Å². The maximum atomic E-state index is 13.1. The standard InChI is InChI=1S/C14H14BrF3N6O3/c1-22-13(9(6-21-22)14(16,17)18)27-12-10(24(25)26)11(19-7-20-12)23-4-2-8(15)3-5-23/h6-8H,2-5H2,1H3. The Labute approximate surface area is 159 Å². The summed E-state index contributed by atoms with van der Waals surface area (Å²) in [5.74, 6) is -1.24. The number of rotatable bonds is 4. The molecule has 0 unspecified atom stereocenters. The Morgan fingerprint density at radius 1 is 1.33 bits per heavy atom. The molecule has 3 heterocycles. The molecule has 0 spiro atoms. The predicted molar refractivity (Wildman–Crippen MR) is 91.1 cm³/mol. The van der Waals surface area contributed by atoms with E-state index in [-0.39, 0.29) is 5.82 Å². The quantitative estimate of drug-likeness (QED) is 0.400. The Hall–Kier alpha value is -2.44. The average Bonchev–Trinajstić information content (AvgIpc) is 2.96. The smallest absolute Gasteiger partial charge is 0.414 e. The Bertz CT molecular complexity index is 851. The third-order valence-corrected chi connectivity index (χ3v) is 4.97. The van der Waals surface area contributed by atoms with Gasteiger partial charge in [-0.25, -0.2) is 9.67 Å². The Morgan fingerprint density at radius 2 is 2.00 bits per heavy atom. The molecule has 1 aliphatic rings. The van der Waals surface area contributed by atoms with Crippen LogP contribution in [0.25, 0.3) is 0 Å². The molecule has 0 saturated carbocycles. The molecule has 13 heteroatoms. The number of hydrogen-bond acceptors (Lipinski definition) is 7. The largest absolute Gasteiger partial charge is 0.423 e. The lowest BCUT2D eigenvalue weighted by molar-refractivity contribution is -0.385. The first-order valence-corrected chi connectivity index (χ1v) is 8.75. The molecule has 0 atom stereocenters. The molecule has 0 amide bonds. The van der Waals surface area contributed by atoms with Crippen LogP contribution in [0.15, 0.2) is 12.5 Å². The summed E-state index contributed by atoms with van der Waals surface area (Å²) in [7, 11) is 1.24. The van der Waals surface area contributed by atoms with E-state index in [0.717, 1.165) is 23.9 Å². The van der Waals surface area contributed by atoms with Crippen molar-refractivity contribution in [3.05, 3.63) is 28.2 Å². The van der Waals surface area contributed by atoms with Crippen LogP contribution in [0.1, 0.15) is 18.4 Å². The first kappa shape index (κ1) is 19.3. The fourth-order valence-electron chi connectivity index (χ4n) is 2.71. The van der Waals surface area contributed by atoms with Gasteiger partial charge in [-0.2, -0.15) is 23.3 Å². The predicted octanol–water partition coefficient (Wildman–Crippen LogP) is 3.29. The van der Waals surface area contributed by atoms with Gasteiger partial charge in [0.05, 0.1) is 11.1 Å². The highest BCUT2D eigenvalue weighted by Gasteiger charge is 2.39. The van der Waals surface area contributed by atoms with E-state index < -0.39 is 34.1 Å². The summed E-state index contributed by atoms with van der Waals surface area (Å²) in [5.41, 5.74) is -1.74. The molecular weight excluding hydrogens is 437 g/mol. The average molecular weight is 451 g/mol. The molecule has 146 valence electrons. The van der Waals surface area contributed by atoms with E-state index >= 15 is 0 Å². The van der Waals surface area contributed by atoms with Crippen molar-refractivity contribution in [2.75, 3.05) is 18.0 Å². The minimum absolute atomic E-state index is 0.0140. The van der Waals surface area contributed by atoms with Gasteiger partial charge in [0.25, 0.3) is 0 Å². The number of aryl methyl sites for hydroxylation is 1. The van der Waals surface area contributed by atoms with Crippen LogP contribution in [0.5, 0.6) is 11.8 Å². The highest BCUT2D eigenvalue weighted by atomic mass is 79.9. The van der Waals surface area contributed by atoms with E-state index in [1.54, 1.807) is 4.90 Å². The highest BCUT2D eigenvalue weighted by molar-refractivity contribution is 9.09. The van der Waals surface area contributed by atoms with Crippen molar-refractivity contribution in [1.82, 2.24) is 19.7 Å². The molecule has 1 aliphatic heterocycles. The van der Waals surface area contributed by atoms with Gasteiger partial charge in [0.2, 0.25) is 11.7 Å². The fraction of sp³-hybridized carbons (Fsp3) is 0.500. The lowest BCUT2D eigenvalue weighted by Crippen LogP contribution is -2.35. The summed E-state index contributed by atoms with van der Waals surface area (Å²) >= 11 is 3.49. The molecule has 0 radical (unpaired) electrons. The van der Waals surface area contributed by atoms with E-state index in [4.69, 9.17) is 4.74 Å². The van der Waals surface area contributed by atoms with Crippen LogP contribution in [-0.4, -0.2) is 42.6 Å². The van der Waals surface area contributed by atoms with E-state index in [1.165, 1.54) is 7.05 Å². The summed E-state index contributed by atoms with van der Waals surface area (Å²) in [5, 5.41) is 15.1. The van der Waals surface area contributed by atoms with Gasteiger partial charge in [0.1, 0.15) is 11.9 Å². The van der Waals surface area contributed by atoms with Crippen LogP contribution in [0, 0.1) is 10.1 Å². The van der Waals surface area contributed by atoms with Gasteiger partial charge in [-0.3, -0.25) is 10.1 Å². The van der Waals surface area contributed by atoms with Crippen molar-refractivity contribution in [1.29, 1.82) is 0 Å². The summed E-state index contributed by atoms with van der Waals surface area (Å²) < 4.78 is 45.4. The van der Waals surface area contributed by atoms with Crippen molar-refractivity contribution in [2.45, 2.75) is 23.8 Å². The van der Waals surface area contributed by atoms with Gasteiger partial charge in [0, 0.05) is 25.0 Å². The molecule has 9 nitrogen and oxygen atoms in total. The molecule has 1 saturated heterocycles. The molecule has 0 N–H and O–H groups in total. The zero-order valence-corrected chi connectivity index (χ0v) is 15.6. The molecular formula is C14H14BrF3N6O3. The molecule has 0 aromatic carbocycles. The lowest BCUT2D eigenvalue weighted by Gasteiger charge is -2.29. The zero-order valence-electron chi connectivity index (χ0n) is 14.0. The topological polar surface area (TPSA) is 99.2 Å². The number of alkyl halides is 4. The second-order valence-corrected chi connectivity index (χ2v) is 7.15. The summed E-state index contributed by atoms with van der Waals surface area (Å²) in [6.07, 6.45) is -1.62. The van der Waals surface area contributed by atoms with Gasteiger partial charge in [-0.05, 0) is 12.8 Å². The number of piperidine rings is 1. The number of anilines is 1. The monoisotopic (exact) mass is 450 g/mol. The normalized spacial score (nSPS) is 15.8. The van der Waals surface area contributed by atoms with Crippen molar-refractivity contribution < 1.29 is 22.8 Å². The first-order valence-electron chi connectivity index (χ1n) is 7.84. The SMILES string of the molecule is Cn1ncc(C(F)(F)F)c1Oc1ncnc(N2CCC(Br)CC2)c1[N+](=O)[O-]. The lowest BCUT2D eigenvalue weighted by atomic mass is 10.1. The Morgan fingerprint density at radius 3 is 2.59 bits per heavy atom. The van der Waals surface area contributed by atoms with Gasteiger partial charge in [-0.15, -0.1) is 0 Å². The van der Waals surface area contributed by atoms with Crippen LogP contribution in [0.3, 0.4) is 0 Å². The molecule has 3 rings (SSSR count). The molecule has 27 heavy (non-hydrogen) atoms. The van der Waals surface area contributed by atoms with E-state index in [9.17, 15) is 23.3 Å². The van der Waals surface area contributed by atoms with Crippen LogP contribution in [-0.2, 0) is 13.2 Å². The summed E-state index contributed by atoms with van der Waals surface area (Å²) in [6, 6.07) is 0. The fourth-order valence-corrected chi connectivity index (χ4v) is 3.12. The van der Waals surface area contributed by atoms with Gasteiger partial charge >= 0.3 is 17.7 Å². The summed E-state index contributed by atoms with van der Waals surface area (Å²) in [4.78, 5) is 20.5. The maximum Gasteiger partial charge on any atom is 0.423 e. The Balaban J connectivity index is 2.01. The van der Waals surface area contributed by atoms with E-state index in [1.807, 2.05) is 0 Å². The molecule has 0 aliphatic carbocycles. The maximum absolute atomic E-state index is 13.1. The molecule has 2 aromatic rings. The van der Waals surface area contributed by atoms with E-state index in [0.29, 0.717) is 24.1 Å². The van der Waals surface area contributed by atoms with Gasteiger partial charge in [-0.1, -0.05) is 15.9 Å². The van der Waals surface area contributed by atoms with Crippen molar-refractivity contribution in [3.8, 4) is 11.8 Å². The van der Waals surface area contributed by atoms with Gasteiger partial charge in [0.15, 0.2) is 0 Å². The van der Waals surface area contributed by atoms with Crippen LogP contribution in [0.4, 0.5) is 24.7 Å². The third kappa shape index (κ3) is 3.96. The number of aromatic nitrogens is 4. The second-order valence-electron chi connectivity index (χ2n) is 5.86. The van der Waals surface area contributed by atoms with Crippen LogP contribution in [0.2, 0.25) is 0 Å². The number of nitro groups is 1. The van der Waals surface area contributed by atoms with Gasteiger partial charge < -0.3 is 9.64 Å². The highest BCUT2D eigenvalue weighted by Crippen LogP contribution is 2.41. The first-order chi connectivity index (χ1) is 12.7. The number of halogens is 4. The molecule has 0 bridgehead atoms. The van der Waals surface area contributed by atoms with Crippen LogP contribution >= 0.6 is 15.9 Å². The second kappa shape index (κ2) is 7.29. The van der Waals surface area contributed by atoms with Crippen molar-refractivity contribution in [2.24, 2.45) is 7.05 Å². The van der Waals surface area contributed by atoms with Crippen molar-refractivity contribution in [3.63, 3.8) is 0 Å². The summed E-state index contributed by atoms with van der Waals surface area (Å²) in [6.45, 7) is 1.01. The van der Waals surface area contributed by atoms with E-state index in [2.05, 4.69) is 31.0 Å². The minimum atomic E-state index is -4.73. The molecule has 2 aromatic heterocycles.